The fraction of sp³-hybridized carbons (Fsp3) is 0.654. The number of aryl methyl sites for hydroxylation is 2. The highest BCUT2D eigenvalue weighted by atomic mass is 28.4. The Balaban J connectivity index is 1.34. The molecular weight excluding hydrogens is 477 g/mol. The number of aromatic nitrogens is 3. The molecule has 1 amide bonds. The van der Waals surface area contributed by atoms with Crippen molar-refractivity contribution in [2.24, 2.45) is 5.92 Å². The van der Waals surface area contributed by atoms with E-state index < -0.39 is 8.41 Å². The minimum Gasteiger partial charge on any atom is -0.396 e. The van der Waals surface area contributed by atoms with E-state index in [0.29, 0.717) is 19.4 Å². The van der Waals surface area contributed by atoms with Crippen LogP contribution in [0.1, 0.15) is 43.9 Å². The van der Waals surface area contributed by atoms with Crippen molar-refractivity contribution in [3.8, 4) is 0 Å². The van der Waals surface area contributed by atoms with E-state index in [9.17, 15) is 4.79 Å². The number of carbonyl (C=O) groups is 1. The first-order valence-electron chi connectivity index (χ1n) is 13.2. The number of carbonyl (C=O) groups excluding carboxylic acids is 1. The molecule has 1 aromatic carbocycles. The van der Waals surface area contributed by atoms with Crippen LogP contribution >= 0.6 is 0 Å². The van der Waals surface area contributed by atoms with Gasteiger partial charge in [-0.15, -0.1) is 5.10 Å². The molecule has 5 atom stereocenters. The van der Waals surface area contributed by atoms with Gasteiger partial charge in [-0.3, -0.25) is 9.48 Å². The van der Waals surface area contributed by atoms with E-state index in [2.05, 4.69) is 33.9 Å². The second-order valence-corrected chi connectivity index (χ2v) is 14.6. The van der Waals surface area contributed by atoms with Crippen LogP contribution in [-0.2, 0) is 28.9 Å². The number of nitrogens with one attached hydrogen (secondary N) is 2. The monoisotopic (exact) mass is 517 g/mol. The van der Waals surface area contributed by atoms with Gasteiger partial charge in [0.15, 0.2) is 0 Å². The largest absolute Gasteiger partial charge is 0.396 e. The zero-order valence-corrected chi connectivity index (χ0v) is 22.6. The molecule has 0 spiro atoms. The third-order valence-corrected chi connectivity index (χ3v) is 10.1. The highest BCUT2D eigenvalue weighted by Crippen LogP contribution is 2.47. The standard InChI is InChI=1S/C26H40FN5O3Si/c1-18-23(10-9-19-6-4-7-20(16-19)29-26(34)22-8-5-13-28-22)35-24(25(18)36(2,3)27)11-14-32-17-21(12-15-33)30-31-32/h4,6-7,16-18,22-25,28,33H,5,8-15H2,1-3H3,(H,29,34)/t18-,22-,23+,24-,25+/m1/s1. The molecule has 10 heteroatoms. The summed E-state index contributed by atoms with van der Waals surface area (Å²) in [5.74, 6) is 0.160. The topological polar surface area (TPSA) is 101 Å². The molecule has 0 radical (unpaired) electrons. The number of hydrogen-bond acceptors (Lipinski definition) is 6. The first-order valence-corrected chi connectivity index (χ1v) is 16.2. The Labute approximate surface area is 214 Å². The van der Waals surface area contributed by atoms with Crippen LogP contribution in [0.4, 0.5) is 9.80 Å². The van der Waals surface area contributed by atoms with Crippen molar-refractivity contribution in [2.45, 2.75) is 88.9 Å². The lowest BCUT2D eigenvalue weighted by molar-refractivity contribution is -0.117. The summed E-state index contributed by atoms with van der Waals surface area (Å²) in [6, 6.07) is 7.88. The maximum Gasteiger partial charge on any atom is 0.246 e. The normalized spacial score (nSPS) is 26.4. The van der Waals surface area contributed by atoms with Gasteiger partial charge in [0.05, 0.1) is 23.9 Å². The Morgan fingerprint density at radius 2 is 2.14 bits per heavy atom. The summed E-state index contributed by atoms with van der Waals surface area (Å²) in [6.07, 6.45) is 6.37. The summed E-state index contributed by atoms with van der Waals surface area (Å²) >= 11 is 0. The lowest BCUT2D eigenvalue weighted by Crippen LogP contribution is -2.36. The number of benzene rings is 1. The molecule has 3 N–H and O–H groups in total. The van der Waals surface area contributed by atoms with Gasteiger partial charge in [-0.1, -0.05) is 24.3 Å². The van der Waals surface area contributed by atoms with Crippen LogP contribution in [-0.4, -0.2) is 65.8 Å². The van der Waals surface area contributed by atoms with E-state index in [1.54, 1.807) is 17.8 Å². The summed E-state index contributed by atoms with van der Waals surface area (Å²) in [6.45, 7) is 7.24. The SMILES string of the molecule is C[C@H]1[C@H]([Si](C)(C)F)[C@@H](CCn2cc(CCO)nn2)O[C@H]1CCc1cccc(NC(=O)[C@H]2CCCN2)c1. The smallest absolute Gasteiger partial charge is 0.246 e. The number of aliphatic hydroxyl groups is 1. The second kappa shape index (κ2) is 11.9. The zero-order valence-electron chi connectivity index (χ0n) is 21.6. The number of nitrogens with zero attached hydrogens (tertiary/aromatic N) is 3. The van der Waals surface area contributed by atoms with E-state index >= 15 is 4.11 Å². The number of ether oxygens (including phenoxy) is 1. The van der Waals surface area contributed by atoms with Crippen molar-refractivity contribution in [1.82, 2.24) is 20.3 Å². The summed E-state index contributed by atoms with van der Waals surface area (Å²) in [5.41, 5.74) is 2.63. The molecule has 3 heterocycles. The molecule has 2 aliphatic rings. The molecule has 0 aliphatic carbocycles. The summed E-state index contributed by atoms with van der Waals surface area (Å²) < 4.78 is 23.7. The summed E-state index contributed by atoms with van der Waals surface area (Å²) in [7, 11) is -2.94. The molecule has 0 unspecified atom stereocenters. The fourth-order valence-corrected chi connectivity index (χ4v) is 8.43. The summed E-state index contributed by atoms with van der Waals surface area (Å²) in [5, 5.41) is 23.6. The average Bonchev–Trinajstić information content (AvgIpc) is 3.57. The quantitative estimate of drug-likeness (QED) is 0.312. The van der Waals surface area contributed by atoms with E-state index in [0.717, 1.165) is 49.2 Å². The van der Waals surface area contributed by atoms with Gasteiger partial charge >= 0.3 is 0 Å². The van der Waals surface area contributed by atoms with E-state index in [1.165, 1.54) is 0 Å². The van der Waals surface area contributed by atoms with Crippen LogP contribution in [0.5, 0.6) is 0 Å². The van der Waals surface area contributed by atoms with Gasteiger partial charge in [-0.25, -0.2) is 0 Å². The minimum absolute atomic E-state index is 0.0100. The average molecular weight is 518 g/mol. The van der Waals surface area contributed by atoms with Gasteiger partial charge in [-0.05, 0) is 75.4 Å². The maximum atomic E-state index is 15.4. The molecule has 1 aromatic heterocycles. The molecule has 2 fully saturated rings. The van der Waals surface area contributed by atoms with Crippen LogP contribution < -0.4 is 10.6 Å². The molecular formula is C26H40FN5O3Si. The van der Waals surface area contributed by atoms with Crippen molar-refractivity contribution < 1.29 is 18.7 Å². The third kappa shape index (κ3) is 6.79. The minimum atomic E-state index is -2.94. The number of amides is 1. The molecule has 4 rings (SSSR count). The van der Waals surface area contributed by atoms with Crippen molar-refractivity contribution >= 4 is 20.0 Å². The highest BCUT2D eigenvalue weighted by molar-refractivity contribution is 6.72. The van der Waals surface area contributed by atoms with Crippen molar-refractivity contribution in [3.63, 3.8) is 0 Å². The Morgan fingerprint density at radius 1 is 1.31 bits per heavy atom. The molecule has 2 aromatic rings. The molecule has 0 bridgehead atoms. The second-order valence-electron chi connectivity index (χ2n) is 10.8. The van der Waals surface area contributed by atoms with Gasteiger partial charge in [-0.2, -0.15) is 0 Å². The Kier molecular flexibility index (Phi) is 8.92. The molecule has 36 heavy (non-hydrogen) atoms. The number of rotatable bonds is 11. The van der Waals surface area contributed by atoms with E-state index in [1.807, 2.05) is 24.4 Å². The van der Waals surface area contributed by atoms with Gasteiger partial charge < -0.3 is 24.6 Å². The number of hydrogen-bond donors (Lipinski definition) is 3. The Hall–Kier alpha value is -2.14. The van der Waals surface area contributed by atoms with Crippen molar-refractivity contribution in [3.05, 3.63) is 41.7 Å². The Morgan fingerprint density at radius 3 is 2.86 bits per heavy atom. The van der Waals surface area contributed by atoms with Gasteiger partial charge in [0.1, 0.15) is 0 Å². The third-order valence-electron chi connectivity index (χ3n) is 7.58. The predicted molar refractivity (Wildman–Crippen MR) is 140 cm³/mol. The highest BCUT2D eigenvalue weighted by Gasteiger charge is 2.50. The van der Waals surface area contributed by atoms with Crippen LogP contribution in [0.25, 0.3) is 0 Å². The fourth-order valence-electron chi connectivity index (χ4n) is 5.84. The van der Waals surface area contributed by atoms with E-state index in [4.69, 9.17) is 9.84 Å². The zero-order chi connectivity index (χ0) is 25.7. The van der Waals surface area contributed by atoms with Crippen LogP contribution in [0.2, 0.25) is 18.6 Å². The van der Waals surface area contributed by atoms with Crippen LogP contribution in [0.15, 0.2) is 30.5 Å². The number of anilines is 1. The number of aliphatic hydroxyl groups excluding tert-OH is 1. The molecule has 2 aliphatic heterocycles. The lowest BCUT2D eigenvalue weighted by Gasteiger charge is -2.28. The lowest BCUT2D eigenvalue weighted by atomic mass is 9.95. The molecule has 8 nitrogen and oxygen atoms in total. The molecule has 198 valence electrons. The maximum absolute atomic E-state index is 15.4. The van der Waals surface area contributed by atoms with Crippen molar-refractivity contribution in [1.29, 1.82) is 0 Å². The first kappa shape index (κ1) is 26.9. The van der Waals surface area contributed by atoms with Crippen molar-refractivity contribution in [2.75, 3.05) is 18.5 Å². The first-order chi connectivity index (χ1) is 17.2. The number of halogens is 1. The van der Waals surface area contributed by atoms with Crippen LogP contribution in [0.3, 0.4) is 0 Å². The predicted octanol–water partition coefficient (Wildman–Crippen LogP) is 3.47. The Bertz CT molecular complexity index is 1010. The van der Waals surface area contributed by atoms with E-state index in [-0.39, 0.29) is 42.2 Å². The molecule has 0 saturated carbocycles. The van der Waals surface area contributed by atoms with Gasteiger partial charge in [0, 0.05) is 37.0 Å². The van der Waals surface area contributed by atoms with Gasteiger partial charge in [0.2, 0.25) is 14.3 Å². The van der Waals surface area contributed by atoms with Gasteiger partial charge in [0.25, 0.3) is 0 Å². The summed E-state index contributed by atoms with van der Waals surface area (Å²) in [4.78, 5) is 12.5. The molecule has 2 saturated heterocycles. The van der Waals surface area contributed by atoms with Crippen LogP contribution in [0, 0.1) is 5.92 Å².